The second-order valence-electron chi connectivity index (χ2n) is 4.14. The van der Waals surface area contributed by atoms with E-state index in [2.05, 4.69) is 10.1 Å². The molecule has 0 radical (unpaired) electrons. The largest absolute Gasteiger partial charge is 0.503 e. The highest BCUT2D eigenvalue weighted by Gasteiger charge is 2.22. The molecular formula is C13H11N3O4. The maximum Gasteiger partial charge on any atom is 0.347 e. The summed E-state index contributed by atoms with van der Waals surface area (Å²) in [5.41, 5.74) is 0.171. The summed E-state index contributed by atoms with van der Waals surface area (Å²) in [7, 11) is 0. The number of H-pyrrole nitrogens is 1. The van der Waals surface area contributed by atoms with Gasteiger partial charge in [-0.2, -0.15) is 0 Å². The van der Waals surface area contributed by atoms with Crippen molar-refractivity contribution in [3.05, 3.63) is 40.2 Å². The number of nitrogens with zero attached hydrogens (tertiary/aromatic N) is 2. The molecule has 2 N–H and O–H groups in total. The number of aromatic hydroxyl groups is 1. The van der Waals surface area contributed by atoms with Crippen molar-refractivity contribution >= 4 is 22.6 Å². The first kappa shape index (κ1) is 12.2. The molecule has 0 aliphatic carbocycles. The van der Waals surface area contributed by atoms with Crippen LogP contribution in [0.2, 0.25) is 0 Å². The molecule has 0 atom stereocenters. The van der Waals surface area contributed by atoms with Gasteiger partial charge >= 0.3 is 5.97 Å². The van der Waals surface area contributed by atoms with Gasteiger partial charge in [-0.15, -0.1) is 0 Å². The van der Waals surface area contributed by atoms with E-state index >= 15 is 0 Å². The van der Waals surface area contributed by atoms with Crippen LogP contribution in [-0.2, 0) is 4.74 Å². The molecule has 3 aromatic rings. The van der Waals surface area contributed by atoms with Crippen molar-refractivity contribution in [2.45, 2.75) is 6.92 Å². The van der Waals surface area contributed by atoms with Crippen molar-refractivity contribution in [3.63, 3.8) is 0 Å². The first-order chi connectivity index (χ1) is 9.63. The zero-order valence-electron chi connectivity index (χ0n) is 10.6. The van der Waals surface area contributed by atoms with Crippen LogP contribution in [0.15, 0.2) is 29.1 Å². The number of aromatic amines is 1. The number of hydrogen-bond donors (Lipinski definition) is 2. The first-order valence-corrected chi connectivity index (χ1v) is 6.03. The van der Waals surface area contributed by atoms with Gasteiger partial charge in [0.25, 0.3) is 5.56 Å². The first-order valence-electron chi connectivity index (χ1n) is 6.03. The molecular weight excluding hydrogens is 262 g/mol. The SMILES string of the molecule is CCOC(=O)c1c(O)c2nc3ccccc3n2[nH]c1=O. The lowest BCUT2D eigenvalue weighted by atomic mass is 10.3. The predicted octanol–water partition coefficient (Wildman–Crippen LogP) is 1.06. The Bertz CT molecular complexity index is 878. The molecule has 0 unspecified atom stereocenters. The Morgan fingerprint density at radius 2 is 2.20 bits per heavy atom. The number of para-hydroxylation sites is 2. The van der Waals surface area contributed by atoms with Crippen molar-refractivity contribution in [3.8, 4) is 5.75 Å². The molecule has 20 heavy (non-hydrogen) atoms. The summed E-state index contributed by atoms with van der Waals surface area (Å²) < 4.78 is 6.10. The number of rotatable bonds is 2. The molecule has 0 bridgehead atoms. The van der Waals surface area contributed by atoms with E-state index in [0.29, 0.717) is 11.0 Å². The number of fused-ring (bicyclic) bond motifs is 3. The van der Waals surface area contributed by atoms with Crippen LogP contribution in [0.1, 0.15) is 17.3 Å². The van der Waals surface area contributed by atoms with Gasteiger partial charge in [0.2, 0.25) is 0 Å². The minimum atomic E-state index is -0.874. The van der Waals surface area contributed by atoms with Gasteiger partial charge in [-0.05, 0) is 19.1 Å². The number of ether oxygens (including phenoxy) is 1. The topological polar surface area (TPSA) is 96.7 Å². The van der Waals surface area contributed by atoms with Gasteiger partial charge in [0.05, 0.1) is 17.6 Å². The average molecular weight is 273 g/mol. The molecule has 7 heteroatoms. The van der Waals surface area contributed by atoms with Crippen molar-refractivity contribution < 1.29 is 14.6 Å². The van der Waals surface area contributed by atoms with Gasteiger partial charge in [-0.1, -0.05) is 12.1 Å². The molecule has 102 valence electrons. The van der Waals surface area contributed by atoms with E-state index < -0.39 is 22.8 Å². The standard InChI is InChI=1S/C13H11N3O4/c1-2-20-13(19)9-10(17)11-14-7-5-3-4-6-8(7)16(11)15-12(9)18/h3-6,17H,2H2,1H3,(H,15,18). The van der Waals surface area contributed by atoms with Crippen LogP contribution in [0.25, 0.3) is 16.7 Å². The fraction of sp³-hybridized carbons (Fsp3) is 0.154. The number of carbonyl (C=O) groups excluding carboxylic acids is 1. The third-order valence-corrected chi connectivity index (χ3v) is 2.93. The Kier molecular flexibility index (Phi) is 2.67. The second-order valence-corrected chi connectivity index (χ2v) is 4.14. The number of aromatic nitrogens is 3. The third kappa shape index (κ3) is 1.63. The lowest BCUT2D eigenvalue weighted by molar-refractivity contribution is 0.0520. The summed E-state index contributed by atoms with van der Waals surface area (Å²) in [6.45, 7) is 1.73. The number of nitrogens with one attached hydrogen (secondary N) is 1. The molecule has 0 amide bonds. The molecule has 0 aliphatic heterocycles. The van der Waals surface area contributed by atoms with Gasteiger partial charge in [-0.25, -0.2) is 14.3 Å². The molecule has 3 rings (SSSR count). The van der Waals surface area contributed by atoms with Crippen LogP contribution in [0.4, 0.5) is 0 Å². The van der Waals surface area contributed by atoms with Crippen LogP contribution in [-0.4, -0.2) is 32.3 Å². The zero-order chi connectivity index (χ0) is 14.3. The number of esters is 1. The van der Waals surface area contributed by atoms with E-state index in [1.807, 2.05) is 0 Å². The average Bonchev–Trinajstić information content (AvgIpc) is 2.78. The lowest BCUT2D eigenvalue weighted by Crippen LogP contribution is -2.22. The molecule has 0 aliphatic rings. The van der Waals surface area contributed by atoms with Crippen molar-refractivity contribution in [1.29, 1.82) is 0 Å². The molecule has 1 aromatic carbocycles. The molecule has 7 nitrogen and oxygen atoms in total. The summed E-state index contributed by atoms with van der Waals surface area (Å²) >= 11 is 0. The predicted molar refractivity (Wildman–Crippen MR) is 70.9 cm³/mol. The Morgan fingerprint density at radius 3 is 2.95 bits per heavy atom. The number of benzene rings is 1. The molecule has 0 fully saturated rings. The van der Waals surface area contributed by atoms with Gasteiger partial charge in [0.15, 0.2) is 17.0 Å². The number of hydrogen-bond acceptors (Lipinski definition) is 5. The minimum absolute atomic E-state index is 0.105. The van der Waals surface area contributed by atoms with Gasteiger partial charge in [0, 0.05) is 0 Å². The fourth-order valence-electron chi connectivity index (χ4n) is 2.07. The highest BCUT2D eigenvalue weighted by atomic mass is 16.5. The molecule has 0 saturated carbocycles. The van der Waals surface area contributed by atoms with E-state index in [9.17, 15) is 14.7 Å². The van der Waals surface area contributed by atoms with Crippen molar-refractivity contribution in [2.75, 3.05) is 6.61 Å². The van der Waals surface area contributed by atoms with E-state index in [0.717, 1.165) is 0 Å². The van der Waals surface area contributed by atoms with Crippen molar-refractivity contribution in [1.82, 2.24) is 14.6 Å². The highest BCUT2D eigenvalue weighted by molar-refractivity contribution is 5.95. The monoisotopic (exact) mass is 273 g/mol. The second kappa shape index (κ2) is 4.37. The Hall–Kier alpha value is -2.83. The third-order valence-electron chi connectivity index (χ3n) is 2.93. The van der Waals surface area contributed by atoms with Gasteiger partial charge < -0.3 is 9.84 Å². The van der Waals surface area contributed by atoms with Crippen LogP contribution < -0.4 is 5.56 Å². The molecule has 0 saturated heterocycles. The van der Waals surface area contributed by atoms with E-state index in [-0.39, 0.29) is 12.3 Å². The Labute approximate surface area is 112 Å². The van der Waals surface area contributed by atoms with Crippen molar-refractivity contribution in [2.24, 2.45) is 0 Å². The number of carbonyl (C=O) groups is 1. The fourth-order valence-corrected chi connectivity index (χ4v) is 2.07. The van der Waals surface area contributed by atoms with Crippen LogP contribution >= 0.6 is 0 Å². The summed E-state index contributed by atoms with van der Waals surface area (Å²) in [6, 6.07) is 7.06. The summed E-state index contributed by atoms with van der Waals surface area (Å²) in [4.78, 5) is 27.8. The molecule has 2 aromatic heterocycles. The summed E-state index contributed by atoms with van der Waals surface area (Å²) in [6.07, 6.45) is 0. The van der Waals surface area contributed by atoms with Crippen LogP contribution in [0.3, 0.4) is 0 Å². The minimum Gasteiger partial charge on any atom is -0.503 e. The Morgan fingerprint density at radius 1 is 1.45 bits per heavy atom. The van der Waals surface area contributed by atoms with Gasteiger partial charge in [0.1, 0.15) is 0 Å². The summed E-state index contributed by atoms with van der Waals surface area (Å²) in [5.74, 6) is -1.36. The van der Waals surface area contributed by atoms with Crippen LogP contribution in [0, 0.1) is 0 Å². The Balaban J connectivity index is 2.38. The lowest BCUT2D eigenvalue weighted by Gasteiger charge is -2.04. The normalized spacial score (nSPS) is 11.1. The van der Waals surface area contributed by atoms with Gasteiger partial charge in [-0.3, -0.25) is 9.89 Å². The van der Waals surface area contributed by atoms with E-state index in [1.54, 1.807) is 31.2 Å². The molecule has 0 spiro atoms. The quantitative estimate of drug-likeness (QED) is 0.680. The smallest absolute Gasteiger partial charge is 0.347 e. The van der Waals surface area contributed by atoms with E-state index in [1.165, 1.54) is 4.52 Å². The van der Waals surface area contributed by atoms with Crippen LogP contribution in [0.5, 0.6) is 5.75 Å². The van der Waals surface area contributed by atoms with E-state index in [4.69, 9.17) is 4.74 Å². The number of imidazole rings is 1. The molecule has 2 heterocycles. The maximum atomic E-state index is 11.9. The maximum absolute atomic E-state index is 11.9. The zero-order valence-corrected chi connectivity index (χ0v) is 10.6. The summed E-state index contributed by atoms with van der Waals surface area (Å²) in [5, 5.41) is 12.6. The highest BCUT2D eigenvalue weighted by Crippen LogP contribution is 2.23.